The number of carbonyl (C=O) groups is 10. The number of nitrogens with one attached hydrogen (secondary N) is 5. The first-order valence-corrected chi connectivity index (χ1v) is 19.2. The molecule has 22 nitrogen and oxygen atoms in total. The number of fused-ring (bicyclic) bond motifs is 2. The Kier molecular flexibility index (Phi) is 15.8. The van der Waals surface area contributed by atoms with E-state index in [0.717, 1.165) is 43.1 Å². The molecule has 3 saturated heterocycles. The van der Waals surface area contributed by atoms with Gasteiger partial charge in [0.2, 0.25) is 47.3 Å². The molecule has 13 N–H and O–H groups in total. The van der Waals surface area contributed by atoms with Crippen molar-refractivity contribution in [2.75, 3.05) is 43.4 Å². The molecule has 288 valence electrons. The summed E-state index contributed by atoms with van der Waals surface area (Å²) in [4.78, 5) is 129. The highest BCUT2D eigenvalue weighted by Gasteiger charge is 2.41. The Morgan fingerprint density at radius 3 is 2.00 bits per heavy atom. The lowest BCUT2D eigenvalue weighted by Gasteiger charge is -2.27. The lowest BCUT2D eigenvalue weighted by atomic mass is 10.1. The van der Waals surface area contributed by atoms with E-state index in [1.165, 1.54) is 0 Å². The highest BCUT2D eigenvalue weighted by Crippen LogP contribution is 2.25. The van der Waals surface area contributed by atoms with Crippen LogP contribution in [0.1, 0.15) is 19.3 Å². The number of hydrogen-bond donors (Lipinski definition) is 10. The average molecular weight is 793 g/mol. The molecule has 0 aromatic rings. The van der Waals surface area contributed by atoms with Crippen LogP contribution in [0.2, 0.25) is 0 Å². The number of carboxylic acids is 1. The third kappa shape index (κ3) is 12.1. The standard InChI is InChI=1S/C27H40N10O12S3/c28-12-9-51-52-10-15(21(30)44)35-24(47)13(4-17(29)39)34-25(48)16-3-11(38)8-37(16)19(41)7-32-26(49)27-36(1-2-50-27)18(40)6-31-23(46)14(5-20(42)43)33-22(12)45/h11-16,27,38H,1-10,28H2,(H2,29,39)(H2,30,44)(H,31,46)(H,32,49)(H,33,45)(H,34,48)(H,35,47)(H,42,43)/t11-,12-,13+,14-,15-,16+,27+/m1/s1. The Balaban J connectivity index is 1.86. The molecule has 7 atom stereocenters. The number of amides is 9. The van der Waals surface area contributed by atoms with Gasteiger partial charge in [0, 0.05) is 36.8 Å². The van der Waals surface area contributed by atoms with Crippen LogP contribution in [0.4, 0.5) is 0 Å². The lowest BCUT2D eigenvalue weighted by molar-refractivity contribution is -0.141. The van der Waals surface area contributed by atoms with E-state index in [2.05, 4.69) is 26.6 Å². The number of aliphatic hydroxyl groups is 1. The van der Waals surface area contributed by atoms with Crippen molar-refractivity contribution < 1.29 is 58.2 Å². The lowest BCUT2D eigenvalue weighted by Crippen LogP contribution is -2.57. The maximum atomic E-state index is 13.3. The summed E-state index contributed by atoms with van der Waals surface area (Å²) in [6.07, 6.45) is -2.99. The molecule has 3 fully saturated rings. The highest BCUT2D eigenvalue weighted by molar-refractivity contribution is 8.76. The summed E-state index contributed by atoms with van der Waals surface area (Å²) < 4.78 is 0. The van der Waals surface area contributed by atoms with Crippen LogP contribution in [0.25, 0.3) is 0 Å². The van der Waals surface area contributed by atoms with Crippen LogP contribution in [0.5, 0.6) is 0 Å². The topological polar surface area (TPSA) is 356 Å². The predicted molar refractivity (Wildman–Crippen MR) is 184 cm³/mol. The Hall–Kier alpha value is -4.33. The number of aliphatic carboxylic acids is 1. The zero-order chi connectivity index (χ0) is 38.7. The van der Waals surface area contributed by atoms with Crippen LogP contribution in [0.3, 0.4) is 0 Å². The molecular weight excluding hydrogens is 753 g/mol. The van der Waals surface area contributed by atoms with Gasteiger partial charge in [-0.2, -0.15) is 0 Å². The van der Waals surface area contributed by atoms with Crippen LogP contribution in [-0.4, -0.2) is 164 Å². The molecule has 0 aliphatic carbocycles. The zero-order valence-corrected chi connectivity index (χ0v) is 29.9. The van der Waals surface area contributed by atoms with Gasteiger partial charge >= 0.3 is 5.97 Å². The van der Waals surface area contributed by atoms with Crippen LogP contribution >= 0.6 is 33.3 Å². The van der Waals surface area contributed by atoms with Gasteiger partial charge in [0.1, 0.15) is 24.2 Å². The number of hydrogen-bond acceptors (Lipinski definition) is 15. The Morgan fingerprint density at radius 2 is 1.37 bits per heavy atom. The molecule has 52 heavy (non-hydrogen) atoms. The predicted octanol–water partition coefficient (Wildman–Crippen LogP) is -6.91. The van der Waals surface area contributed by atoms with Gasteiger partial charge in [-0.25, -0.2) is 0 Å². The number of carbonyl (C=O) groups excluding carboxylic acids is 9. The third-order valence-corrected chi connectivity index (χ3v) is 11.4. The summed E-state index contributed by atoms with van der Waals surface area (Å²) in [5, 5.41) is 30.0. The van der Waals surface area contributed by atoms with Crippen molar-refractivity contribution in [3.8, 4) is 0 Å². The molecule has 0 unspecified atom stereocenters. The second-order valence-corrected chi connectivity index (χ2v) is 15.5. The van der Waals surface area contributed by atoms with E-state index < -0.39 is 127 Å². The molecule has 0 saturated carbocycles. The molecule has 25 heteroatoms. The SMILES string of the molecule is NC(=O)C[C@@H]1NC(=O)[C@@H]2C[C@@H](O)CN2C(=O)CNC(=O)[C@@H]2SCCN2C(=O)CNC(=O)[C@@H](CC(=O)O)NC(=O)[C@H](N)CSSC[C@H](C(N)=O)NC1=O. The first kappa shape index (κ1) is 42.1. The van der Waals surface area contributed by atoms with Gasteiger partial charge in [-0.3, -0.25) is 47.9 Å². The number of rotatable bonds is 5. The number of carboxylic acid groups (broad SMARTS) is 1. The fourth-order valence-corrected chi connectivity index (χ4v) is 8.60. The number of nitrogens with two attached hydrogens (primary N) is 3. The molecular formula is C27H40N10O12S3. The molecule has 3 aliphatic heterocycles. The summed E-state index contributed by atoms with van der Waals surface area (Å²) in [5.41, 5.74) is 16.6. The van der Waals surface area contributed by atoms with Gasteiger partial charge < -0.3 is 63.8 Å². The maximum absolute atomic E-state index is 13.3. The molecule has 0 bridgehead atoms. The van der Waals surface area contributed by atoms with E-state index in [9.17, 15) is 58.2 Å². The summed E-state index contributed by atoms with van der Waals surface area (Å²) in [6, 6.07) is -7.26. The Bertz CT molecular complexity index is 1460. The van der Waals surface area contributed by atoms with Gasteiger partial charge in [-0.15, -0.1) is 11.8 Å². The zero-order valence-electron chi connectivity index (χ0n) is 27.4. The fourth-order valence-electron chi connectivity index (χ4n) is 5.14. The van der Waals surface area contributed by atoms with Crippen LogP contribution in [0, 0.1) is 0 Å². The van der Waals surface area contributed by atoms with Crippen LogP contribution in [0.15, 0.2) is 0 Å². The van der Waals surface area contributed by atoms with Crippen LogP contribution < -0.4 is 43.8 Å². The van der Waals surface area contributed by atoms with E-state index >= 15 is 0 Å². The minimum absolute atomic E-state index is 0.0893. The van der Waals surface area contributed by atoms with Crippen molar-refractivity contribution in [3.63, 3.8) is 0 Å². The number of primary amides is 2. The van der Waals surface area contributed by atoms with Crippen molar-refractivity contribution in [1.82, 2.24) is 36.4 Å². The van der Waals surface area contributed by atoms with Gasteiger partial charge in [0.05, 0.1) is 38.1 Å². The molecule has 3 heterocycles. The van der Waals surface area contributed by atoms with Crippen molar-refractivity contribution in [2.45, 2.75) is 60.9 Å². The monoisotopic (exact) mass is 792 g/mol. The number of nitrogens with zero attached hydrogens (tertiary/aromatic N) is 2. The quantitative estimate of drug-likeness (QED) is 0.116. The van der Waals surface area contributed by atoms with E-state index in [1.807, 2.05) is 0 Å². The number of thioether (sulfide) groups is 1. The maximum Gasteiger partial charge on any atom is 0.305 e. The normalized spacial score (nSPS) is 29.5. The summed E-state index contributed by atoms with van der Waals surface area (Å²) >= 11 is 1.06. The van der Waals surface area contributed by atoms with E-state index in [1.54, 1.807) is 0 Å². The molecule has 0 radical (unpaired) electrons. The van der Waals surface area contributed by atoms with Gasteiger partial charge in [0.15, 0.2) is 5.37 Å². The molecule has 0 spiro atoms. The first-order valence-electron chi connectivity index (χ1n) is 15.6. The Labute approximate surface area is 307 Å². The summed E-state index contributed by atoms with van der Waals surface area (Å²) in [6.45, 7) is -1.55. The summed E-state index contributed by atoms with van der Waals surface area (Å²) in [5.74, 6) is -9.63. The number of aliphatic hydroxyl groups excluding tert-OH is 1. The Morgan fingerprint density at radius 1 is 0.769 bits per heavy atom. The third-order valence-electron chi connectivity index (χ3n) is 7.78. The van der Waals surface area contributed by atoms with Crippen molar-refractivity contribution in [1.29, 1.82) is 0 Å². The van der Waals surface area contributed by atoms with E-state index in [0.29, 0.717) is 5.75 Å². The van der Waals surface area contributed by atoms with E-state index in [4.69, 9.17) is 17.2 Å². The highest BCUT2D eigenvalue weighted by atomic mass is 33.1. The van der Waals surface area contributed by atoms with Crippen molar-refractivity contribution in [3.05, 3.63) is 0 Å². The fraction of sp³-hybridized carbons (Fsp3) is 0.630. The average Bonchev–Trinajstić information content (AvgIpc) is 3.72. The molecule has 9 amide bonds. The molecule has 0 aromatic heterocycles. The molecule has 0 aromatic carbocycles. The second kappa shape index (κ2) is 19.5. The van der Waals surface area contributed by atoms with E-state index in [-0.39, 0.29) is 31.0 Å². The second-order valence-electron chi connectivity index (χ2n) is 11.7. The summed E-state index contributed by atoms with van der Waals surface area (Å²) in [7, 11) is 1.91. The largest absolute Gasteiger partial charge is 0.481 e. The van der Waals surface area contributed by atoms with Gasteiger partial charge in [-0.1, -0.05) is 21.6 Å². The molecule has 3 rings (SSSR count). The van der Waals surface area contributed by atoms with Crippen molar-refractivity contribution >= 4 is 92.5 Å². The smallest absolute Gasteiger partial charge is 0.305 e. The van der Waals surface area contributed by atoms with Crippen LogP contribution in [-0.2, 0) is 47.9 Å². The van der Waals surface area contributed by atoms with Gasteiger partial charge in [0.25, 0.3) is 5.91 Å². The van der Waals surface area contributed by atoms with Gasteiger partial charge in [-0.05, 0) is 0 Å². The first-order chi connectivity index (χ1) is 24.5. The molecule has 3 aliphatic rings. The minimum Gasteiger partial charge on any atom is -0.481 e. The minimum atomic E-state index is -1.63. The van der Waals surface area contributed by atoms with Crippen molar-refractivity contribution in [2.24, 2.45) is 17.2 Å².